The summed E-state index contributed by atoms with van der Waals surface area (Å²) in [6, 6.07) is 15.2. The molecule has 1 fully saturated rings. The van der Waals surface area contributed by atoms with Gasteiger partial charge in [0.15, 0.2) is 11.5 Å². The maximum atomic E-state index is 12.5. The second-order valence-corrected chi connectivity index (χ2v) is 7.40. The Kier molecular flexibility index (Phi) is 4.93. The molecule has 2 aliphatic heterocycles. The highest BCUT2D eigenvalue weighted by Crippen LogP contribution is 2.32. The summed E-state index contributed by atoms with van der Waals surface area (Å²) in [7, 11) is 0. The normalized spacial score (nSPS) is 14.7. The molecule has 7 nitrogen and oxygen atoms in total. The number of carbonyl (C=O) groups excluding carboxylic acids is 1. The van der Waals surface area contributed by atoms with Gasteiger partial charge in [-0.3, -0.25) is 4.79 Å². The number of benzene rings is 2. The van der Waals surface area contributed by atoms with E-state index in [2.05, 4.69) is 20.2 Å². The molecule has 0 bridgehead atoms. The lowest BCUT2D eigenvalue weighted by Gasteiger charge is -2.16. The van der Waals surface area contributed by atoms with Gasteiger partial charge in [-0.15, -0.1) is 0 Å². The zero-order chi connectivity index (χ0) is 20.3. The highest BCUT2D eigenvalue weighted by Gasteiger charge is 2.15. The van der Waals surface area contributed by atoms with Crippen LogP contribution in [0.25, 0.3) is 11.3 Å². The van der Waals surface area contributed by atoms with Crippen molar-refractivity contribution in [3.05, 3.63) is 66.0 Å². The number of ether oxygens (including phenoxy) is 2. The van der Waals surface area contributed by atoms with Crippen LogP contribution in [0.5, 0.6) is 11.5 Å². The van der Waals surface area contributed by atoms with Gasteiger partial charge in [-0.05, 0) is 42.7 Å². The number of carbonyl (C=O) groups is 1. The van der Waals surface area contributed by atoms with Crippen molar-refractivity contribution in [2.24, 2.45) is 0 Å². The molecule has 7 heteroatoms. The highest BCUT2D eigenvalue weighted by molar-refractivity contribution is 5.94. The first-order valence-corrected chi connectivity index (χ1v) is 10.1. The Labute approximate surface area is 174 Å². The van der Waals surface area contributed by atoms with Crippen LogP contribution in [0.15, 0.2) is 54.9 Å². The van der Waals surface area contributed by atoms with E-state index in [9.17, 15) is 4.79 Å². The second kappa shape index (κ2) is 8.02. The quantitative estimate of drug-likeness (QED) is 0.705. The first-order chi connectivity index (χ1) is 14.8. The van der Waals surface area contributed by atoms with Gasteiger partial charge in [0.05, 0.1) is 5.69 Å². The van der Waals surface area contributed by atoms with Gasteiger partial charge in [-0.2, -0.15) is 0 Å². The Morgan fingerprint density at radius 1 is 0.967 bits per heavy atom. The summed E-state index contributed by atoms with van der Waals surface area (Å²) >= 11 is 0. The van der Waals surface area contributed by atoms with Crippen LogP contribution in [0.2, 0.25) is 0 Å². The molecule has 30 heavy (non-hydrogen) atoms. The van der Waals surface area contributed by atoms with Crippen LogP contribution in [-0.4, -0.2) is 35.8 Å². The molecule has 1 aromatic heterocycles. The van der Waals surface area contributed by atoms with E-state index < -0.39 is 0 Å². The molecule has 2 aromatic carbocycles. The van der Waals surface area contributed by atoms with E-state index in [1.807, 2.05) is 48.5 Å². The zero-order valence-electron chi connectivity index (χ0n) is 16.5. The van der Waals surface area contributed by atoms with E-state index in [1.54, 1.807) is 6.33 Å². The van der Waals surface area contributed by atoms with Crippen LogP contribution in [0, 0.1) is 0 Å². The molecule has 1 amide bonds. The lowest BCUT2D eigenvalue weighted by Crippen LogP contribution is -2.22. The number of amides is 1. The standard InChI is InChI=1S/C23H22N4O3/c28-23(24-13-16-3-8-20-21(11-16)30-15-29-20)18-6-4-17(5-7-18)19-12-22(26-14-25-19)27-9-1-2-10-27/h3-8,11-12,14H,1-2,9-10,13,15H2,(H,24,28). The predicted molar refractivity (Wildman–Crippen MR) is 113 cm³/mol. The number of anilines is 1. The molecule has 1 saturated heterocycles. The minimum Gasteiger partial charge on any atom is -0.454 e. The van der Waals surface area contributed by atoms with Gasteiger partial charge in [0.1, 0.15) is 12.1 Å². The maximum Gasteiger partial charge on any atom is 0.251 e. The number of hydrogen-bond acceptors (Lipinski definition) is 6. The highest BCUT2D eigenvalue weighted by atomic mass is 16.7. The molecular formula is C23H22N4O3. The Bertz CT molecular complexity index is 1060. The summed E-state index contributed by atoms with van der Waals surface area (Å²) < 4.78 is 10.7. The van der Waals surface area contributed by atoms with E-state index in [0.29, 0.717) is 17.9 Å². The van der Waals surface area contributed by atoms with Gasteiger partial charge in [0, 0.05) is 36.8 Å². The van der Waals surface area contributed by atoms with Gasteiger partial charge >= 0.3 is 0 Å². The molecule has 1 N–H and O–H groups in total. The van der Waals surface area contributed by atoms with Crippen molar-refractivity contribution < 1.29 is 14.3 Å². The Hall–Kier alpha value is -3.61. The van der Waals surface area contributed by atoms with Crippen LogP contribution in [-0.2, 0) is 6.54 Å². The SMILES string of the molecule is O=C(NCc1ccc2c(c1)OCO2)c1ccc(-c2cc(N3CCCC3)ncn2)cc1. The molecule has 3 aromatic rings. The van der Waals surface area contributed by atoms with E-state index >= 15 is 0 Å². The maximum absolute atomic E-state index is 12.5. The average molecular weight is 402 g/mol. The fourth-order valence-electron chi connectivity index (χ4n) is 3.75. The van der Waals surface area contributed by atoms with Crippen molar-refractivity contribution in [1.29, 1.82) is 0 Å². The second-order valence-electron chi connectivity index (χ2n) is 7.40. The van der Waals surface area contributed by atoms with Gasteiger partial charge in [0.25, 0.3) is 5.91 Å². The summed E-state index contributed by atoms with van der Waals surface area (Å²) in [6.07, 6.45) is 4.01. The molecule has 0 aliphatic carbocycles. The fraction of sp³-hybridized carbons (Fsp3) is 0.261. The molecule has 0 atom stereocenters. The summed E-state index contributed by atoms with van der Waals surface area (Å²) in [4.78, 5) is 23.6. The third kappa shape index (κ3) is 3.78. The number of nitrogens with zero attached hydrogens (tertiary/aromatic N) is 3. The van der Waals surface area contributed by atoms with Crippen LogP contribution in [0.1, 0.15) is 28.8 Å². The summed E-state index contributed by atoms with van der Waals surface area (Å²) in [5, 5.41) is 2.94. The Morgan fingerprint density at radius 2 is 1.77 bits per heavy atom. The zero-order valence-corrected chi connectivity index (χ0v) is 16.5. The smallest absolute Gasteiger partial charge is 0.251 e. The van der Waals surface area contributed by atoms with Crippen LogP contribution < -0.4 is 19.7 Å². The average Bonchev–Trinajstić information content (AvgIpc) is 3.49. The predicted octanol–water partition coefficient (Wildman–Crippen LogP) is 3.40. The number of aromatic nitrogens is 2. The lowest BCUT2D eigenvalue weighted by atomic mass is 10.1. The molecule has 0 saturated carbocycles. The van der Waals surface area contributed by atoms with Gasteiger partial charge < -0.3 is 19.7 Å². The molecule has 0 radical (unpaired) electrons. The fourth-order valence-corrected chi connectivity index (χ4v) is 3.75. The van der Waals surface area contributed by atoms with Crippen molar-refractivity contribution in [2.75, 3.05) is 24.8 Å². The number of hydrogen-bond donors (Lipinski definition) is 1. The van der Waals surface area contributed by atoms with Crippen LogP contribution in [0.3, 0.4) is 0 Å². The minimum atomic E-state index is -0.125. The van der Waals surface area contributed by atoms with Crippen molar-refractivity contribution >= 4 is 11.7 Å². The van der Waals surface area contributed by atoms with Crippen molar-refractivity contribution in [1.82, 2.24) is 15.3 Å². The third-order valence-electron chi connectivity index (χ3n) is 5.42. The third-order valence-corrected chi connectivity index (χ3v) is 5.42. The topological polar surface area (TPSA) is 76.6 Å². The molecule has 3 heterocycles. The first-order valence-electron chi connectivity index (χ1n) is 10.1. The van der Waals surface area contributed by atoms with E-state index in [4.69, 9.17) is 9.47 Å². The van der Waals surface area contributed by atoms with E-state index in [-0.39, 0.29) is 12.7 Å². The monoisotopic (exact) mass is 402 g/mol. The molecule has 0 spiro atoms. The van der Waals surface area contributed by atoms with Crippen LogP contribution >= 0.6 is 0 Å². The molecule has 2 aliphatic rings. The molecule has 152 valence electrons. The van der Waals surface area contributed by atoms with Crippen molar-refractivity contribution in [3.8, 4) is 22.8 Å². The molecule has 5 rings (SSSR count). The lowest BCUT2D eigenvalue weighted by molar-refractivity contribution is 0.0951. The van der Waals surface area contributed by atoms with Crippen LogP contribution in [0.4, 0.5) is 5.82 Å². The van der Waals surface area contributed by atoms with Crippen molar-refractivity contribution in [3.63, 3.8) is 0 Å². The van der Waals surface area contributed by atoms with Gasteiger partial charge in [-0.1, -0.05) is 18.2 Å². The van der Waals surface area contributed by atoms with Gasteiger partial charge in [0.2, 0.25) is 6.79 Å². The molecule has 0 unspecified atom stereocenters. The van der Waals surface area contributed by atoms with Gasteiger partial charge in [-0.25, -0.2) is 9.97 Å². The van der Waals surface area contributed by atoms with Crippen molar-refractivity contribution in [2.45, 2.75) is 19.4 Å². The minimum absolute atomic E-state index is 0.125. The largest absolute Gasteiger partial charge is 0.454 e. The Morgan fingerprint density at radius 3 is 2.60 bits per heavy atom. The Balaban J connectivity index is 1.24. The van der Waals surface area contributed by atoms with E-state index in [1.165, 1.54) is 12.8 Å². The van der Waals surface area contributed by atoms with E-state index in [0.717, 1.165) is 41.5 Å². The molecular weight excluding hydrogens is 380 g/mol. The summed E-state index contributed by atoms with van der Waals surface area (Å²) in [5.74, 6) is 2.28. The first kappa shape index (κ1) is 18.4. The summed E-state index contributed by atoms with van der Waals surface area (Å²) in [6.45, 7) is 2.74. The number of nitrogens with one attached hydrogen (secondary N) is 1. The number of fused-ring (bicyclic) bond motifs is 1. The number of rotatable bonds is 5. The summed E-state index contributed by atoms with van der Waals surface area (Å²) in [5.41, 5.74) is 3.39.